The number of primary amides is 2. The summed E-state index contributed by atoms with van der Waals surface area (Å²) < 4.78 is 20.2. The van der Waals surface area contributed by atoms with Gasteiger partial charge in [0.2, 0.25) is 0 Å². The molecule has 0 spiro atoms. The summed E-state index contributed by atoms with van der Waals surface area (Å²) in [6, 6.07) is 10.3. The number of carbonyl (C=O) groups is 2. The van der Waals surface area contributed by atoms with Gasteiger partial charge in [-0.15, -0.1) is 5.10 Å². The average molecular weight is 399 g/mol. The molecule has 0 bridgehead atoms. The fourth-order valence-corrected chi connectivity index (χ4v) is 2.60. The van der Waals surface area contributed by atoms with Crippen LogP contribution in [0.3, 0.4) is 0 Å². The van der Waals surface area contributed by atoms with E-state index in [9.17, 15) is 14.0 Å². The van der Waals surface area contributed by atoms with E-state index in [1.807, 2.05) is 13.8 Å². The first-order valence-electron chi connectivity index (χ1n) is 8.79. The van der Waals surface area contributed by atoms with Gasteiger partial charge in [0.1, 0.15) is 17.1 Å². The van der Waals surface area contributed by atoms with E-state index in [1.54, 1.807) is 30.3 Å². The van der Waals surface area contributed by atoms with Crippen LogP contribution >= 0.6 is 0 Å². The third-order valence-electron chi connectivity index (χ3n) is 3.83. The third kappa shape index (κ3) is 4.89. The standard InChI is InChI=1S/C18H16FN5O3.C2H6/c1-27-15-7-4-11(19)8-13(15)10-2-5-12(6-3-10)24-9-14(16(20)25)17(23-24)22-18(21)26;1-2/h2-9H,1H3,(H2,20,25)(H3,21,22,23,26);1-2H3. The van der Waals surface area contributed by atoms with Crippen molar-refractivity contribution in [1.29, 1.82) is 0 Å². The van der Waals surface area contributed by atoms with Gasteiger partial charge in [0.25, 0.3) is 5.91 Å². The van der Waals surface area contributed by atoms with Crippen molar-refractivity contribution in [3.63, 3.8) is 0 Å². The van der Waals surface area contributed by atoms with Crippen molar-refractivity contribution in [3.8, 4) is 22.6 Å². The topological polar surface area (TPSA) is 125 Å². The van der Waals surface area contributed by atoms with Crippen molar-refractivity contribution in [2.24, 2.45) is 11.5 Å². The number of benzene rings is 2. The maximum absolute atomic E-state index is 13.6. The molecule has 5 N–H and O–H groups in total. The molecule has 2 aromatic carbocycles. The van der Waals surface area contributed by atoms with Gasteiger partial charge in [-0.3, -0.25) is 10.1 Å². The van der Waals surface area contributed by atoms with Crippen LogP contribution in [0.4, 0.5) is 15.0 Å². The summed E-state index contributed by atoms with van der Waals surface area (Å²) >= 11 is 0. The third-order valence-corrected chi connectivity index (χ3v) is 3.83. The summed E-state index contributed by atoms with van der Waals surface area (Å²) in [7, 11) is 1.51. The van der Waals surface area contributed by atoms with Crippen LogP contribution in [0.25, 0.3) is 16.8 Å². The Morgan fingerprint density at radius 1 is 1.10 bits per heavy atom. The Morgan fingerprint density at radius 3 is 2.31 bits per heavy atom. The van der Waals surface area contributed by atoms with Crippen LogP contribution < -0.4 is 21.5 Å². The van der Waals surface area contributed by atoms with Crippen molar-refractivity contribution in [2.45, 2.75) is 13.8 Å². The number of aromatic nitrogens is 2. The van der Waals surface area contributed by atoms with E-state index < -0.39 is 11.9 Å². The van der Waals surface area contributed by atoms with Gasteiger partial charge in [-0.1, -0.05) is 26.0 Å². The van der Waals surface area contributed by atoms with Crippen LogP contribution in [0.2, 0.25) is 0 Å². The molecule has 0 unspecified atom stereocenters. The molecular weight excluding hydrogens is 377 g/mol. The molecule has 0 radical (unpaired) electrons. The van der Waals surface area contributed by atoms with Crippen molar-refractivity contribution in [1.82, 2.24) is 9.78 Å². The Bertz CT molecular complexity index is 1020. The molecule has 3 amide bonds. The number of nitrogens with one attached hydrogen (secondary N) is 1. The van der Waals surface area contributed by atoms with Crippen LogP contribution in [-0.2, 0) is 0 Å². The minimum absolute atomic E-state index is 0.0182. The smallest absolute Gasteiger partial charge is 0.317 e. The van der Waals surface area contributed by atoms with Gasteiger partial charge in [0, 0.05) is 11.8 Å². The highest BCUT2D eigenvalue weighted by atomic mass is 19.1. The van der Waals surface area contributed by atoms with Gasteiger partial charge >= 0.3 is 6.03 Å². The van der Waals surface area contributed by atoms with E-state index in [0.29, 0.717) is 17.0 Å². The Labute approximate surface area is 167 Å². The first-order valence-corrected chi connectivity index (χ1v) is 8.79. The lowest BCUT2D eigenvalue weighted by Crippen LogP contribution is -2.22. The van der Waals surface area contributed by atoms with E-state index >= 15 is 0 Å². The normalized spacial score (nSPS) is 9.93. The van der Waals surface area contributed by atoms with Crippen LogP contribution in [0.5, 0.6) is 5.75 Å². The predicted octanol–water partition coefficient (Wildman–Crippen LogP) is 3.30. The molecule has 152 valence electrons. The molecule has 3 aromatic rings. The lowest BCUT2D eigenvalue weighted by atomic mass is 10.0. The summed E-state index contributed by atoms with van der Waals surface area (Å²) in [5.74, 6) is -0.639. The van der Waals surface area contributed by atoms with Crippen LogP contribution in [0.15, 0.2) is 48.7 Å². The zero-order chi connectivity index (χ0) is 21.6. The molecule has 1 aromatic heterocycles. The van der Waals surface area contributed by atoms with Gasteiger partial charge < -0.3 is 16.2 Å². The summed E-state index contributed by atoms with van der Waals surface area (Å²) in [5, 5.41) is 6.36. The summed E-state index contributed by atoms with van der Waals surface area (Å²) in [4.78, 5) is 22.6. The molecule has 29 heavy (non-hydrogen) atoms. The predicted molar refractivity (Wildman–Crippen MR) is 109 cm³/mol. The lowest BCUT2D eigenvalue weighted by Gasteiger charge is -2.09. The highest BCUT2D eigenvalue weighted by Gasteiger charge is 2.16. The SMILES string of the molecule is CC.COc1ccc(F)cc1-c1ccc(-n2cc(C(N)=O)c(NC(N)=O)n2)cc1. The van der Waals surface area contributed by atoms with Gasteiger partial charge in [-0.05, 0) is 35.9 Å². The fourth-order valence-electron chi connectivity index (χ4n) is 2.60. The largest absolute Gasteiger partial charge is 0.496 e. The van der Waals surface area contributed by atoms with Crippen molar-refractivity contribution in [2.75, 3.05) is 12.4 Å². The number of ether oxygens (including phenoxy) is 1. The number of halogens is 1. The molecule has 9 heteroatoms. The first-order chi connectivity index (χ1) is 13.9. The number of hydrogen-bond donors (Lipinski definition) is 3. The van der Waals surface area contributed by atoms with Crippen molar-refractivity contribution < 1.29 is 18.7 Å². The summed E-state index contributed by atoms with van der Waals surface area (Å²) in [6.07, 6.45) is 1.38. The number of amides is 3. The van der Waals surface area contributed by atoms with Crippen LogP contribution in [0, 0.1) is 5.82 Å². The molecule has 1 heterocycles. The fraction of sp³-hybridized carbons (Fsp3) is 0.150. The highest BCUT2D eigenvalue weighted by Crippen LogP contribution is 2.31. The quantitative estimate of drug-likeness (QED) is 0.608. The Hall–Kier alpha value is -3.88. The molecule has 0 saturated carbocycles. The molecule has 3 rings (SSSR count). The van der Waals surface area contributed by atoms with Gasteiger partial charge in [0.15, 0.2) is 5.82 Å². The number of rotatable bonds is 5. The number of anilines is 1. The second-order valence-electron chi connectivity index (χ2n) is 5.58. The number of hydrogen-bond acceptors (Lipinski definition) is 4. The molecule has 0 saturated heterocycles. The summed E-state index contributed by atoms with van der Waals surface area (Å²) in [5.41, 5.74) is 12.3. The van der Waals surface area contributed by atoms with Crippen molar-refractivity contribution in [3.05, 3.63) is 60.0 Å². The number of nitrogens with two attached hydrogens (primary N) is 2. The Morgan fingerprint density at radius 2 is 1.76 bits per heavy atom. The number of carbonyl (C=O) groups excluding carboxylic acids is 2. The lowest BCUT2D eigenvalue weighted by molar-refractivity contribution is 0.100. The average Bonchev–Trinajstić information content (AvgIpc) is 3.13. The van der Waals surface area contributed by atoms with E-state index in [1.165, 1.54) is 30.1 Å². The van der Waals surface area contributed by atoms with E-state index in [4.69, 9.17) is 16.2 Å². The molecular formula is C20H22FN5O3. The second-order valence-corrected chi connectivity index (χ2v) is 5.58. The number of urea groups is 1. The van der Waals surface area contributed by atoms with Crippen molar-refractivity contribution >= 4 is 17.8 Å². The number of methoxy groups -OCH3 is 1. The highest BCUT2D eigenvalue weighted by molar-refractivity contribution is 6.01. The molecule has 0 aliphatic rings. The Balaban J connectivity index is 0.00000145. The molecule has 0 aliphatic carbocycles. The maximum atomic E-state index is 13.6. The van der Waals surface area contributed by atoms with Gasteiger partial charge in [-0.2, -0.15) is 0 Å². The van der Waals surface area contributed by atoms with Gasteiger partial charge in [0.05, 0.1) is 12.8 Å². The zero-order valence-corrected chi connectivity index (χ0v) is 16.3. The molecule has 8 nitrogen and oxygen atoms in total. The molecule has 0 atom stereocenters. The first kappa shape index (κ1) is 21.4. The van der Waals surface area contributed by atoms with Crippen LogP contribution in [-0.4, -0.2) is 28.8 Å². The maximum Gasteiger partial charge on any atom is 0.317 e. The van der Waals surface area contributed by atoms with E-state index in [0.717, 1.165) is 5.56 Å². The summed E-state index contributed by atoms with van der Waals surface area (Å²) in [6.45, 7) is 4.00. The second kappa shape index (κ2) is 9.36. The van der Waals surface area contributed by atoms with E-state index in [-0.39, 0.29) is 17.2 Å². The molecule has 0 aliphatic heterocycles. The number of nitrogens with zero attached hydrogens (tertiary/aromatic N) is 2. The van der Waals surface area contributed by atoms with Crippen LogP contribution in [0.1, 0.15) is 24.2 Å². The molecule has 0 fully saturated rings. The Kier molecular flexibility index (Phi) is 6.91. The zero-order valence-electron chi connectivity index (χ0n) is 16.3. The van der Waals surface area contributed by atoms with E-state index in [2.05, 4.69) is 10.4 Å². The minimum Gasteiger partial charge on any atom is -0.496 e. The van der Waals surface area contributed by atoms with Gasteiger partial charge in [-0.25, -0.2) is 13.9 Å². The minimum atomic E-state index is -0.865. The monoisotopic (exact) mass is 399 g/mol.